The van der Waals surface area contributed by atoms with Gasteiger partial charge in [0.2, 0.25) is 6.29 Å². The Bertz CT molecular complexity index is 868. The fourth-order valence-electron chi connectivity index (χ4n) is 3.02. The van der Waals surface area contributed by atoms with Crippen molar-refractivity contribution >= 4 is 37.2 Å². The Balaban J connectivity index is 1.80. The first-order chi connectivity index (χ1) is 14.2. The zero-order valence-electron chi connectivity index (χ0n) is 17.4. The first-order valence-corrected chi connectivity index (χ1v) is 14.4. The van der Waals surface area contributed by atoms with Crippen molar-refractivity contribution in [3.05, 3.63) is 81.5 Å². The van der Waals surface area contributed by atoms with E-state index in [0.717, 1.165) is 17.2 Å². The van der Waals surface area contributed by atoms with Gasteiger partial charge < -0.3 is 14.2 Å². The van der Waals surface area contributed by atoms with Crippen LogP contribution in [-0.4, -0.2) is 20.7 Å². The molecule has 1 saturated heterocycles. The highest BCUT2D eigenvalue weighted by molar-refractivity contribution is 6.76. The number of carbonyl (C=O) groups is 1. The van der Waals surface area contributed by atoms with Gasteiger partial charge in [0.05, 0.1) is 18.8 Å². The first kappa shape index (κ1) is 22.9. The van der Waals surface area contributed by atoms with Gasteiger partial charge in [-0.25, -0.2) is 4.79 Å². The van der Waals surface area contributed by atoms with Crippen LogP contribution in [0.25, 0.3) is 0 Å². The van der Waals surface area contributed by atoms with E-state index in [1.54, 1.807) is 12.1 Å². The van der Waals surface area contributed by atoms with Gasteiger partial charge in [0.1, 0.15) is 5.76 Å². The minimum absolute atomic E-state index is 0.317. The average molecular weight is 465 g/mol. The molecule has 2 atom stereocenters. The quantitative estimate of drug-likeness (QED) is 0.264. The fraction of sp³-hybridized carbons (Fsp3) is 0.348. The summed E-state index contributed by atoms with van der Waals surface area (Å²) in [6.07, 6.45) is 0.812. The van der Waals surface area contributed by atoms with Gasteiger partial charge in [-0.1, -0.05) is 67.1 Å². The molecule has 1 aliphatic rings. The van der Waals surface area contributed by atoms with E-state index in [1.165, 1.54) is 6.08 Å². The smallest absolute Gasteiger partial charge is 0.334 e. The molecule has 0 radical (unpaired) electrons. The third-order valence-electron chi connectivity index (χ3n) is 4.65. The number of esters is 1. The lowest BCUT2D eigenvalue weighted by Gasteiger charge is -2.33. The molecule has 0 amide bonds. The van der Waals surface area contributed by atoms with Crippen molar-refractivity contribution in [3.8, 4) is 0 Å². The Morgan fingerprint density at radius 1 is 1.10 bits per heavy atom. The lowest BCUT2D eigenvalue weighted by Crippen LogP contribution is -2.23. The molecule has 160 valence electrons. The van der Waals surface area contributed by atoms with Gasteiger partial charge in [0.15, 0.2) is 0 Å². The van der Waals surface area contributed by atoms with Gasteiger partial charge in [-0.2, -0.15) is 0 Å². The van der Waals surface area contributed by atoms with E-state index in [9.17, 15) is 4.79 Å². The van der Waals surface area contributed by atoms with Gasteiger partial charge in [0.25, 0.3) is 0 Å². The van der Waals surface area contributed by atoms with Crippen molar-refractivity contribution in [3.63, 3.8) is 0 Å². The molecule has 7 heteroatoms. The Morgan fingerprint density at radius 2 is 1.73 bits per heavy atom. The van der Waals surface area contributed by atoms with E-state index in [2.05, 4.69) is 19.6 Å². The zero-order chi connectivity index (χ0) is 21.7. The topological polar surface area (TPSA) is 44.8 Å². The maximum absolute atomic E-state index is 12.3. The standard InChI is InChI=1S/C23H26Cl2O4Si/c1-30(2,3)11-10-27-22(26)15-20-14-21(16-6-4-8-18(24)12-16)29-23(28-20)17-7-5-9-19(25)13-17/h4-9,12-13,15,21,23H,10-11,14H2,1-3H3/b20-15+/t21-,23-/m0/s1. The third kappa shape index (κ3) is 6.88. The van der Waals surface area contributed by atoms with Crippen molar-refractivity contribution in [2.24, 2.45) is 0 Å². The summed E-state index contributed by atoms with van der Waals surface area (Å²) in [6.45, 7) is 7.15. The van der Waals surface area contributed by atoms with E-state index >= 15 is 0 Å². The maximum Gasteiger partial charge on any atom is 0.334 e. The van der Waals surface area contributed by atoms with Gasteiger partial charge in [0, 0.05) is 30.1 Å². The molecule has 4 nitrogen and oxygen atoms in total. The van der Waals surface area contributed by atoms with Crippen molar-refractivity contribution in [2.45, 2.75) is 44.5 Å². The van der Waals surface area contributed by atoms with Crippen LogP contribution < -0.4 is 0 Å². The molecular formula is C23H26Cl2O4Si. The Kier molecular flexibility index (Phi) is 7.63. The number of hydrogen-bond donors (Lipinski definition) is 0. The number of halogens is 2. The Hall–Kier alpha value is -1.79. The van der Waals surface area contributed by atoms with Crippen LogP contribution in [0.4, 0.5) is 0 Å². The predicted octanol–water partition coefficient (Wildman–Crippen LogP) is 6.94. The summed E-state index contributed by atoms with van der Waals surface area (Å²) >= 11 is 12.3. The summed E-state index contributed by atoms with van der Waals surface area (Å²) in [4.78, 5) is 12.3. The van der Waals surface area contributed by atoms with E-state index in [0.29, 0.717) is 28.8 Å². The minimum atomic E-state index is -1.27. The van der Waals surface area contributed by atoms with Crippen molar-refractivity contribution in [1.82, 2.24) is 0 Å². The van der Waals surface area contributed by atoms with Crippen LogP contribution in [0.3, 0.4) is 0 Å². The predicted molar refractivity (Wildman–Crippen MR) is 122 cm³/mol. The molecule has 0 spiro atoms. The molecule has 1 aliphatic heterocycles. The van der Waals surface area contributed by atoms with Crippen LogP contribution >= 0.6 is 23.2 Å². The van der Waals surface area contributed by atoms with Gasteiger partial charge >= 0.3 is 5.97 Å². The zero-order valence-corrected chi connectivity index (χ0v) is 19.9. The molecule has 0 unspecified atom stereocenters. The molecular weight excluding hydrogens is 439 g/mol. The van der Waals surface area contributed by atoms with Crippen LogP contribution in [0.2, 0.25) is 35.7 Å². The molecule has 0 aromatic heterocycles. The van der Waals surface area contributed by atoms with E-state index in [1.807, 2.05) is 36.4 Å². The summed E-state index contributed by atoms with van der Waals surface area (Å²) < 4.78 is 17.6. The van der Waals surface area contributed by atoms with Crippen molar-refractivity contribution < 1.29 is 19.0 Å². The number of ether oxygens (including phenoxy) is 3. The highest BCUT2D eigenvalue weighted by atomic mass is 35.5. The highest BCUT2D eigenvalue weighted by Crippen LogP contribution is 2.40. The largest absolute Gasteiger partial charge is 0.465 e. The van der Waals surface area contributed by atoms with Gasteiger partial charge in [-0.05, 0) is 35.9 Å². The van der Waals surface area contributed by atoms with E-state index < -0.39 is 20.3 Å². The number of carbonyl (C=O) groups excluding carboxylic acids is 1. The molecule has 3 rings (SSSR count). The summed E-state index contributed by atoms with van der Waals surface area (Å²) in [5.41, 5.74) is 1.68. The second kappa shape index (κ2) is 10.0. The van der Waals surface area contributed by atoms with Gasteiger partial charge in [-0.3, -0.25) is 0 Å². The monoisotopic (exact) mass is 464 g/mol. The van der Waals surface area contributed by atoms with Gasteiger partial charge in [-0.15, -0.1) is 0 Å². The molecule has 2 aromatic carbocycles. The second-order valence-corrected chi connectivity index (χ2v) is 15.0. The van der Waals surface area contributed by atoms with Crippen LogP contribution in [0, 0.1) is 0 Å². The Morgan fingerprint density at radius 3 is 2.37 bits per heavy atom. The van der Waals surface area contributed by atoms with Crippen molar-refractivity contribution in [2.75, 3.05) is 6.61 Å². The summed E-state index contributed by atoms with van der Waals surface area (Å²) in [5, 5.41) is 1.21. The molecule has 2 aromatic rings. The average Bonchev–Trinajstić information content (AvgIpc) is 2.66. The number of rotatable bonds is 6. The lowest BCUT2D eigenvalue weighted by molar-refractivity contribution is -0.191. The normalized spacial score (nSPS) is 20.6. The van der Waals surface area contributed by atoms with Crippen LogP contribution in [0.5, 0.6) is 0 Å². The highest BCUT2D eigenvalue weighted by Gasteiger charge is 2.30. The first-order valence-electron chi connectivity index (χ1n) is 9.90. The van der Waals surface area contributed by atoms with Crippen LogP contribution in [-0.2, 0) is 19.0 Å². The fourth-order valence-corrected chi connectivity index (χ4v) is 4.13. The van der Waals surface area contributed by atoms with E-state index in [4.69, 9.17) is 37.4 Å². The summed E-state index contributed by atoms with van der Waals surface area (Å²) in [5.74, 6) is 0.106. The third-order valence-corrected chi connectivity index (χ3v) is 6.82. The van der Waals surface area contributed by atoms with E-state index in [-0.39, 0.29) is 6.10 Å². The molecule has 0 aliphatic carbocycles. The molecule has 0 bridgehead atoms. The maximum atomic E-state index is 12.3. The second-order valence-electron chi connectivity index (χ2n) is 8.48. The summed E-state index contributed by atoms with van der Waals surface area (Å²) in [7, 11) is -1.27. The number of benzene rings is 2. The lowest BCUT2D eigenvalue weighted by atomic mass is 10.0. The molecule has 30 heavy (non-hydrogen) atoms. The van der Waals surface area contributed by atoms with Crippen molar-refractivity contribution in [1.29, 1.82) is 0 Å². The number of hydrogen-bond acceptors (Lipinski definition) is 4. The Labute approximate surface area is 188 Å². The SMILES string of the molecule is C[Si](C)(C)CCOC(=O)/C=C1\C[C@@H](c2cccc(Cl)c2)O[C@@H](c2cccc(Cl)c2)O1. The molecule has 0 N–H and O–H groups in total. The van der Waals surface area contributed by atoms with Crippen LogP contribution in [0.1, 0.15) is 29.9 Å². The molecule has 1 heterocycles. The molecule has 0 saturated carbocycles. The van der Waals surface area contributed by atoms with Crippen LogP contribution in [0.15, 0.2) is 60.4 Å². The summed E-state index contributed by atoms with van der Waals surface area (Å²) in [6, 6.07) is 15.7. The minimum Gasteiger partial charge on any atom is -0.465 e. The molecule has 1 fully saturated rings.